The predicted molar refractivity (Wildman–Crippen MR) is 140 cm³/mol. The number of benzene rings is 4. The molecular weight excluding hydrogens is 507 g/mol. The van der Waals surface area contributed by atoms with Gasteiger partial charge in [0, 0.05) is 23.7 Å². The van der Waals surface area contributed by atoms with Crippen LogP contribution in [-0.4, -0.2) is 21.7 Å². The molecule has 0 aliphatic heterocycles. The minimum atomic E-state index is -0.607. The molecule has 0 unspecified atom stereocenters. The average Bonchev–Trinajstić information content (AvgIpc) is 3.28. The number of hydrogen-bond donors (Lipinski definition) is 1. The molecular formula is C30H20F3N3O3. The van der Waals surface area contributed by atoms with E-state index in [-0.39, 0.29) is 11.4 Å². The summed E-state index contributed by atoms with van der Waals surface area (Å²) in [6.07, 6.45) is 0. The summed E-state index contributed by atoms with van der Waals surface area (Å²) in [5, 5.41) is 7.36. The van der Waals surface area contributed by atoms with Gasteiger partial charge in [-0.2, -0.15) is 9.78 Å². The van der Waals surface area contributed by atoms with Crippen molar-refractivity contribution < 1.29 is 27.5 Å². The first-order valence-corrected chi connectivity index (χ1v) is 11.8. The van der Waals surface area contributed by atoms with Crippen molar-refractivity contribution in [3.05, 3.63) is 120 Å². The fourth-order valence-corrected chi connectivity index (χ4v) is 4.01. The van der Waals surface area contributed by atoms with Gasteiger partial charge in [-0.05, 0) is 84.4 Å². The van der Waals surface area contributed by atoms with Crippen molar-refractivity contribution in [2.24, 2.45) is 0 Å². The van der Waals surface area contributed by atoms with Gasteiger partial charge in [0.2, 0.25) is 5.88 Å². The molecule has 0 aliphatic rings. The van der Waals surface area contributed by atoms with Gasteiger partial charge >= 0.3 is 5.97 Å². The second-order valence-electron chi connectivity index (χ2n) is 8.56. The molecule has 0 saturated carbocycles. The van der Waals surface area contributed by atoms with Crippen LogP contribution in [-0.2, 0) is 4.79 Å². The Labute approximate surface area is 221 Å². The summed E-state index contributed by atoms with van der Waals surface area (Å²) >= 11 is 0. The summed E-state index contributed by atoms with van der Waals surface area (Å²) in [5.41, 5.74) is 2.95. The van der Waals surface area contributed by atoms with E-state index in [2.05, 4.69) is 10.4 Å². The zero-order valence-electron chi connectivity index (χ0n) is 20.5. The number of halogens is 3. The molecule has 0 radical (unpaired) electrons. The predicted octanol–water partition coefficient (Wildman–Crippen LogP) is 6.80. The molecule has 1 heterocycles. The molecule has 6 nitrogen and oxygen atoms in total. The number of carbonyl (C=O) groups is 2. The minimum absolute atomic E-state index is 0.0741. The maximum atomic E-state index is 13.7. The van der Waals surface area contributed by atoms with E-state index in [0.29, 0.717) is 33.8 Å². The van der Waals surface area contributed by atoms with Gasteiger partial charge in [-0.1, -0.05) is 18.2 Å². The molecule has 5 aromatic rings. The lowest BCUT2D eigenvalue weighted by Gasteiger charge is -2.11. The largest absolute Gasteiger partial charge is 0.407 e. The van der Waals surface area contributed by atoms with Crippen LogP contribution < -0.4 is 10.1 Å². The molecule has 0 spiro atoms. The number of aromatic nitrogens is 2. The third kappa shape index (κ3) is 5.57. The maximum Gasteiger partial charge on any atom is 0.309 e. The highest BCUT2D eigenvalue weighted by atomic mass is 19.1. The van der Waals surface area contributed by atoms with Crippen molar-refractivity contribution in [3.8, 4) is 34.0 Å². The lowest BCUT2D eigenvalue weighted by atomic mass is 10.0. The number of esters is 1. The summed E-state index contributed by atoms with van der Waals surface area (Å²) in [6, 6.07) is 23.1. The van der Waals surface area contributed by atoms with Gasteiger partial charge in [0.25, 0.3) is 5.91 Å². The van der Waals surface area contributed by atoms with E-state index in [1.165, 1.54) is 66.2 Å². The van der Waals surface area contributed by atoms with Crippen molar-refractivity contribution in [3.63, 3.8) is 0 Å². The fraction of sp³-hybridized carbons (Fsp3) is 0.0333. The second kappa shape index (κ2) is 10.7. The van der Waals surface area contributed by atoms with Crippen LogP contribution >= 0.6 is 0 Å². The zero-order chi connectivity index (χ0) is 27.5. The zero-order valence-corrected chi connectivity index (χ0v) is 20.5. The van der Waals surface area contributed by atoms with E-state index >= 15 is 0 Å². The van der Waals surface area contributed by atoms with Crippen molar-refractivity contribution >= 4 is 17.6 Å². The van der Waals surface area contributed by atoms with Crippen molar-refractivity contribution in [1.82, 2.24) is 9.78 Å². The first kappa shape index (κ1) is 25.5. The molecule has 0 bridgehead atoms. The van der Waals surface area contributed by atoms with E-state index in [9.17, 15) is 22.8 Å². The number of nitrogens with zero attached hydrogens (tertiary/aromatic N) is 2. The van der Waals surface area contributed by atoms with E-state index in [1.807, 2.05) is 0 Å². The van der Waals surface area contributed by atoms with E-state index in [1.54, 1.807) is 36.4 Å². The number of ether oxygens (including phenoxy) is 1. The summed E-state index contributed by atoms with van der Waals surface area (Å²) in [5.74, 6) is -2.43. The van der Waals surface area contributed by atoms with Crippen LogP contribution in [0.15, 0.2) is 97.1 Å². The number of anilines is 1. The van der Waals surface area contributed by atoms with Gasteiger partial charge in [0.1, 0.15) is 23.1 Å². The summed E-state index contributed by atoms with van der Waals surface area (Å²) < 4.78 is 47.8. The topological polar surface area (TPSA) is 73.2 Å². The van der Waals surface area contributed by atoms with Crippen LogP contribution in [0.3, 0.4) is 0 Å². The molecule has 0 atom stereocenters. The Balaban J connectivity index is 1.60. The van der Waals surface area contributed by atoms with E-state index in [0.717, 1.165) is 6.07 Å². The second-order valence-corrected chi connectivity index (χ2v) is 8.56. The van der Waals surface area contributed by atoms with Crippen LogP contribution in [0, 0.1) is 17.5 Å². The van der Waals surface area contributed by atoms with Crippen molar-refractivity contribution in [2.45, 2.75) is 6.92 Å². The van der Waals surface area contributed by atoms with Crippen LogP contribution in [0.25, 0.3) is 28.1 Å². The molecule has 194 valence electrons. The molecule has 1 aromatic heterocycles. The van der Waals surface area contributed by atoms with Gasteiger partial charge < -0.3 is 10.1 Å². The molecule has 0 saturated heterocycles. The first-order valence-electron chi connectivity index (χ1n) is 11.8. The fourth-order valence-electron chi connectivity index (χ4n) is 4.01. The average molecular weight is 528 g/mol. The van der Waals surface area contributed by atoms with Crippen molar-refractivity contribution in [2.75, 3.05) is 5.32 Å². The third-order valence-corrected chi connectivity index (χ3v) is 5.79. The van der Waals surface area contributed by atoms with Crippen LogP contribution in [0.2, 0.25) is 0 Å². The Bertz CT molecular complexity index is 1660. The lowest BCUT2D eigenvalue weighted by Crippen LogP contribution is -2.11. The molecule has 9 heteroatoms. The number of amides is 1. The Morgan fingerprint density at radius 1 is 0.769 bits per heavy atom. The molecule has 1 N–H and O–H groups in total. The van der Waals surface area contributed by atoms with Crippen LogP contribution in [0.4, 0.5) is 18.9 Å². The molecule has 39 heavy (non-hydrogen) atoms. The minimum Gasteiger partial charge on any atom is -0.407 e. The Morgan fingerprint density at radius 3 is 2.00 bits per heavy atom. The summed E-state index contributed by atoms with van der Waals surface area (Å²) in [6.45, 7) is 1.24. The molecule has 0 fully saturated rings. The maximum absolute atomic E-state index is 13.7. The van der Waals surface area contributed by atoms with Gasteiger partial charge in [-0.25, -0.2) is 13.2 Å². The number of rotatable bonds is 6. The molecule has 5 rings (SSSR count). The highest BCUT2D eigenvalue weighted by molar-refractivity contribution is 6.04. The highest BCUT2D eigenvalue weighted by Gasteiger charge is 2.25. The van der Waals surface area contributed by atoms with Crippen LogP contribution in [0.1, 0.15) is 17.3 Å². The van der Waals surface area contributed by atoms with Crippen LogP contribution in [0.5, 0.6) is 5.88 Å². The van der Waals surface area contributed by atoms with Gasteiger partial charge in [0.05, 0.1) is 11.3 Å². The quantitative estimate of drug-likeness (QED) is 0.247. The van der Waals surface area contributed by atoms with E-state index in [4.69, 9.17) is 4.74 Å². The summed E-state index contributed by atoms with van der Waals surface area (Å²) in [7, 11) is 0. The Morgan fingerprint density at radius 2 is 1.38 bits per heavy atom. The SMILES string of the molecule is CC(=O)Oc1c(-c2ccc(NC(=O)c3cccc(F)c3)cc2)c(-c2ccc(F)cc2)nn1-c1ccc(F)cc1. The van der Waals surface area contributed by atoms with Gasteiger partial charge in [-0.15, -0.1) is 0 Å². The Kier molecular flexibility index (Phi) is 6.96. The normalized spacial score (nSPS) is 10.8. The number of nitrogens with one attached hydrogen (secondary N) is 1. The van der Waals surface area contributed by atoms with Crippen molar-refractivity contribution in [1.29, 1.82) is 0 Å². The van der Waals surface area contributed by atoms with Gasteiger partial charge in [-0.3, -0.25) is 9.59 Å². The standard InChI is InChI=1S/C30H20F3N3O3/c1-18(37)39-30-27(19-7-13-25(14-8-19)34-29(38)21-3-2-4-24(33)17-21)28(20-5-9-22(31)10-6-20)35-36(30)26-15-11-23(32)12-16-26/h2-17H,1H3,(H,34,38). The third-order valence-electron chi connectivity index (χ3n) is 5.79. The molecule has 4 aromatic carbocycles. The lowest BCUT2D eigenvalue weighted by molar-refractivity contribution is -0.132. The highest BCUT2D eigenvalue weighted by Crippen LogP contribution is 2.41. The molecule has 1 amide bonds. The van der Waals surface area contributed by atoms with E-state index < -0.39 is 29.3 Å². The summed E-state index contributed by atoms with van der Waals surface area (Å²) in [4.78, 5) is 24.7. The van der Waals surface area contributed by atoms with Gasteiger partial charge in [0.15, 0.2) is 0 Å². The Hall–Kier alpha value is -5.18. The monoisotopic (exact) mass is 527 g/mol. The first-order chi connectivity index (χ1) is 18.8. The molecule has 0 aliphatic carbocycles. The smallest absolute Gasteiger partial charge is 0.309 e. The number of hydrogen-bond acceptors (Lipinski definition) is 4. The number of carbonyl (C=O) groups excluding carboxylic acids is 2.